The number of amides is 2. The fraction of sp³-hybridized carbons (Fsp3) is 0.348. The number of halogens is 1. The molecule has 1 aliphatic heterocycles. The lowest BCUT2D eigenvalue weighted by Gasteiger charge is -2.17. The number of hydrogen-bond acceptors (Lipinski definition) is 4. The zero-order chi connectivity index (χ0) is 21.5. The molecule has 2 N–H and O–H groups in total. The highest BCUT2D eigenvalue weighted by Crippen LogP contribution is 2.47. The van der Waals surface area contributed by atoms with E-state index in [4.69, 9.17) is 10.00 Å². The summed E-state index contributed by atoms with van der Waals surface area (Å²) in [7, 11) is 1.58. The number of rotatable bonds is 3. The molecule has 3 heterocycles. The lowest BCUT2D eigenvalue weighted by atomic mass is 9.99. The minimum Gasteiger partial charge on any atom is -0.496 e. The maximum Gasteiger partial charge on any atom is 0.330 e. The molecule has 158 valence electrons. The predicted molar refractivity (Wildman–Crippen MR) is 113 cm³/mol. The average Bonchev–Trinajstić information content (AvgIpc) is 3.46. The van der Waals surface area contributed by atoms with Crippen LogP contribution in [-0.4, -0.2) is 41.1 Å². The van der Waals surface area contributed by atoms with Crippen LogP contribution >= 0.6 is 0 Å². The number of fused-ring (bicyclic) bond motifs is 2. The molecule has 2 fully saturated rings. The third-order valence-electron chi connectivity index (χ3n) is 6.65. The van der Waals surface area contributed by atoms with Crippen molar-refractivity contribution in [2.45, 2.75) is 18.8 Å². The Morgan fingerprint density at radius 3 is 2.74 bits per heavy atom. The molecule has 0 bridgehead atoms. The van der Waals surface area contributed by atoms with Crippen molar-refractivity contribution in [3.63, 3.8) is 0 Å². The summed E-state index contributed by atoms with van der Waals surface area (Å²) in [5.74, 6) is 1.51. The van der Waals surface area contributed by atoms with Crippen LogP contribution in [0.5, 0.6) is 5.75 Å². The third-order valence-corrected chi connectivity index (χ3v) is 6.65. The van der Waals surface area contributed by atoms with Gasteiger partial charge < -0.3 is 14.6 Å². The van der Waals surface area contributed by atoms with Gasteiger partial charge in [0.15, 0.2) is 6.19 Å². The van der Waals surface area contributed by atoms with E-state index in [1.54, 1.807) is 30.5 Å². The standard InChI is InChI=1S/C23H22FN5O2/c1-31-21-3-2-16(24)8-18(21)17-4-5-26-22-19(17)9-20(28-22)13-6-14-10-29(11-15(14)7-13)23(30)27-12-25/h2-5,8-9,13-15H,6-7,10-11H2,1H3,(H,26,28)(H,27,30)/t13?,14-,15+. The fourth-order valence-corrected chi connectivity index (χ4v) is 5.24. The number of aromatic amines is 1. The van der Waals surface area contributed by atoms with Gasteiger partial charge >= 0.3 is 6.03 Å². The zero-order valence-electron chi connectivity index (χ0n) is 17.1. The molecule has 3 aromatic rings. The van der Waals surface area contributed by atoms with E-state index in [-0.39, 0.29) is 11.8 Å². The van der Waals surface area contributed by atoms with Crippen molar-refractivity contribution in [2.75, 3.05) is 20.2 Å². The number of benzene rings is 1. The number of carbonyl (C=O) groups is 1. The summed E-state index contributed by atoms with van der Waals surface area (Å²) in [6.07, 6.45) is 5.38. The first kappa shape index (κ1) is 19.4. The van der Waals surface area contributed by atoms with E-state index >= 15 is 0 Å². The molecular weight excluding hydrogens is 397 g/mol. The number of methoxy groups -OCH3 is 1. The number of nitrogens with one attached hydrogen (secondary N) is 2. The first-order valence-electron chi connectivity index (χ1n) is 10.3. The summed E-state index contributed by atoms with van der Waals surface area (Å²) < 4.78 is 19.4. The number of aromatic nitrogens is 2. The van der Waals surface area contributed by atoms with Gasteiger partial charge in [0.05, 0.1) is 7.11 Å². The Morgan fingerprint density at radius 1 is 1.26 bits per heavy atom. The Labute approximate surface area is 178 Å². The van der Waals surface area contributed by atoms with Crippen LogP contribution in [-0.2, 0) is 0 Å². The van der Waals surface area contributed by atoms with Crippen LogP contribution in [0.3, 0.4) is 0 Å². The van der Waals surface area contributed by atoms with Crippen molar-refractivity contribution in [3.05, 3.63) is 48.0 Å². The van der Waals surface area contributed by atoms with Crippen LogP contribution in [0.4, 0.5) is 9.18 Å². The van der Waals surface area contributed by atoms with Crippen LogP contribution in [0.2, 0.25) is 0 Å². The van der Waals surface area contributed by atoms with Gasteiger partial charge in [-0.05, 0) is 66.5 Å². The molecule has 31 heavy (non-hydrogen) atoms. The smallest absolute Gasteiger partial charge is 0.330 e. The van der Waals surface area contributed by atoms with Crippen molar-refractivity contribution in [1.82, 2.24) is 20.2 Å². The van der Waals surface area contributed by atoms with Crippen molar-refractivity contribution in [2.24, 2.45) is 11.8 Å². The number of likely N-dealkylation sites (tertiary alicyclic amines) is 1. The first-order chi connectivity index (χ1) is 15.1. The van der Waals surface area contributed by atoms with E-state index in [0.717, 1.165) is 35.1 Å². The van der Waals surface area contributed by atoms with Gasteiger partial charge in [-0.3, -0.25) is 0 Å². The van der Waals surface area contributed by atoms with Crippen molar-refractivity contribution < 1.29 is 13.9 Å². The summed E-state index contributed by atoms with van der Waals surface area (Å²) in [6.45, 7) is 1.36. The van der Waals surface area contributed by atoms with Gasteiger partial charge in [-0.25, -0.2) is 19.5 Å². The molecule has 5 rings (SSSR count). The quantitative estimate of drug-likeness (QED) is 0.496. The molecule has 1 aromatic carbocycles. The van der Waals surface area contributed by atoms with Crippen LogP contribution in [0.25, 0.3) is 22.2 Å². The van der Waals surface area contributed by atoms with Crippen LogP contribution in [0.15, 0.2) is 36.5 Å². The number of carbonyl (C=O) groups excluding carboxylic acids is 1. The molecular formula is C23H22FN5O2. The van der Waals surface area contributed by atoms with Crippen LogP contribution in [0, 0.1) is 29.1 Å². The molecule has 2 aromatic heterocycles. The Hall–Kier alpha value is -3.60. The number of nitriles is 1. The normalized spacial score (nSPS) is 22.4. The van der Waals surface area contributed by atoms with E-state index in [2.05, 4.69) is 21.4 Å². The summed E-state index contributed by atoms with van der Waals surface area (Å²) in [6, 6.07) is 8.20. The molecule has 7 nitrogen and oxygen atoms in total. The summed E-state index contributed by atoms with van der Waals surface area (Å²) in [4.78, 5) is 21.6. The topological polar surface area (TPSA) is 94.0 Å². The number of pyridine rings is 1. The number of ether oxygens (including phenoxy) is 1. The van der Waals surface area contributed by atoms with Gasteiger partial charge in [0.25, 0.3) is 0 Å². The summed E-state index contributed by atoms with van der Waals surface area (Å²) in [5, 5.41) is 11.8. The molecule has 1 unspecified atom stereocenters. The zero-order valence-corrected chi connectivity index (χ0v) is 17.1. The molecule has 1 saturated heterocycles. The van der Waals surface area contributed by atoms with Gasteiger partial charge in [0.1, 0.15) is 17.2 Å². The van der Waals surface area contributed by atoms with Crippen LogP contribution in [0.1, 0.15) is 24.5 Å². The third kappa shape index (κ3) is 3.36. The maximum atomic E-state index is 14.0. The fourth-order valence-electron chi connectivity index (χ4n) is 5.24. The van der Waals surface area contributed by atoms with Gasteiger partial charge in [-0.2, -0.15) is 5.26 Å². The monoisotopic (exact) mass is 419 g/mol. The Kier molecular flexibility index (Phi) is 4.74. The Bertz CT molecular complexity index is 1190. The molecule has 8 heteroatoms. The Morgan fingerprint density at radius 2 is 2.03 bits per heavy atom. The summed E-state index contributed by atoms with van der Waals surface area (Å²) >= 11 is 0. The van der Waals surface area contributed by atoms with E-state index in [1.165, 1.54) is 12.1 Å². The highest BCUT2D eigenvalue weighted by molar-refractivity contribution is 5.95. The van der Waals surface area contributed by atoms with Gasteiger partial charge in [-0.15, -0.1) is 0 Å². The van der Waals surface area contributed by atoms with E-state index in [9.17, 15) is 9.18 Å². The second kappa shape index (κ2) is 7.58. The van der Waals surface area contributed by atoms with Gasteiger partial charge in [0, 0.05) is 35.9 Å². The number of hydrogen-bond donors (Lipinski definition) is 2. The molecule has 0 spiro atoms. The van der Waals surface area contributed by atoms with E-state index in [0.29, 0.717) is 42.2 Å². The lowest BCUT2D eigenvalue weighted by Crippen LogP contribution is -2.36. The Balaban J connectivity index is 1.42. The van der Waals surface area contributed by atoms with Gasteiger partial charge in [0.2, 0.25) is 0 Å². The van der Waals surface area contributed by atoms with E-state index < -0.39 is 0 Å². The van der Waals surface area contributed by atoms with E-state index in [1.807, 2.05) is 6.07 Å². The minimum atomic E-state index is -0.315. The SMILES string of the molecule is COc1ccc(F)cc1-c1ccnc2[nH]c(C3C[C@@H]4CN(C(=O)NC#N)C[C@@H]4C3)cc12. The lowest BCUT2D eigenvalue weighted by molar-refractivity contribution is 0.209. The van der Waals surface area contributed by atoms with Crippen molar-refractivity contribution in [3.8, 4) is 23.1 Å². The predicted octanol–water partition coefficient (Wildman–Crippen LogP) is 3.99. The second-order valence-electron chi connectivity index (χ2n) is 8.33. The van der Waals surface area contributed by atoms with Gasteiger partial charge in [-0.1, -0.05) is 0 Å². The summed E-state index contributed by atoms with van der Waals surface area (Å²) in [5.41, 5.74) is 3.46. The maximum absolute atomic E-state index is 14.0. The molecule has 2 aliphatic rings. The largest absolute Gasteiger partial charge is 0.496 e. The minimum absolute atomic E-state index is 0.308. The molecule has 2 amide bonds. The molecule has 1 aliphatic carbocycles. The van der Waals surface area contributed by atoms with Crippen molar-refractivity contribution in [1.29, 1.82) is 5.26 Å². The number of nitrogens with zero attached hydrogens (tertiary/aromatic N) is 3. The molecule has 3 atom stereocenters. The highest BCUT2D eigenvalue weighted by atomic mass is 19.1. The average molecular weight is 419 g/mol. The first-order valence-corrected chi connectivity index (χ1v) is 10.3. The molecule has 0 radical (unpaired) electrons. The second-order valence-corrected chi connectivity index (χ2v) is 8.33. The van der Waals surface area contributed by atoms with Crippen molar-refractivity contribution >= 4 is 17.1 Å². The van der Waals surface area contributed by atoms with Crippen LogP contribution < -0.4 is 10.1 Å². The molecule has 1 saturated carbocycles. The number of H-pyrrole nitrogens is 1. The number of urea groups is 1. The highest BCUT2D eigenvalue weighted by Gasteiger charge is 2.43.